The van der Waals surface area contributed by atoms with E-state index in [1.54, 1.807) is 16.4 Å². The lowest BCUT2D eigenvalue weighted by atomic mass is 9.95. The molecule has 2 aliphatic heterocycles. The SMILES string of the molecule is CC1(C)S[C@@H]2C(N)C(=O)N2C1c1nnnn1Cc1ccc(-c2ccccc2)cc1. The molecule has 2 unspecified atom stereocenters. The van der Waals surface area contributed by atoms with E-state index in [0.717, 1.165) is 5.56 Å². The van der Waals surface area contributed by atoms with Crippen molar-refractivity contribution in [1.29, 1.82) is 0 Å². The van der Waals surface area contributed by atoms with Crippen LogP contribution in [0.1, 0.15) is 31.3 Å². The zero-order chi connectivity index (χ0) is 20.2. The van der Waals surface area contributed by atoms with Crippen LogP contribution in [0.4, 0.5) is 0 Å². The number of carbonyl (C=O) groups excluding carboxylic acids is 1. The van der Waals surface area contributed by atoms with Gasteiger partial charge in [0.15, 0.2) is 5.82 Å². The molecule has 0 aliphatic carbocycles. The largest absolute Gasteiger partial charge is 0.317 e. The predicted octanol–water partition coefficient (Wildman–Crippen LogP) is 2.45. The number of amides is 1. The summed E-state index contributed by atoms with van der Waals surface area (Å²) in [6.07, 6.45) is 0. The molecule has 1 amide bonds. The van der Waals surface area contributed by atoms with Gasteiger partial charge >= 0.3 is 0 Å². The maximum atomic E-state index is 12.4. The highest BCUT2D eigenvalue weighted by atomic mass is 32.2. The number of thioether (sulfide) groups is 1. The molecule has 3 heterocycles. The standard InChI is InChI=1S/C21H22N6OS/c1-21(2)17(27-19(28)16(22)20(27)29-21)18-23-24-25-26(18)12-13-8-10-15(11-9-13)14-6-4-3-5-7-14/h3-11,16-17,20H,12,22H2,1-2H3/t16?,17?,20-/m1/s1. The molecule has 8 heteroatoms. The summed E-state index contributed by atoms with van der Waals surface area (Å²) in [6.45, 7) is 4.79. The van der Waals surface area contributed by atoms with Crippen LogP contribution in [0.2, 0.25) is 0 Å². The van der Waals surface area contributed by atoms with Crippen LogP contribution in [0, 0.1) is 0 Å². The minimum absolute atomic E-state index is 0.00203. The Kier molecular flexibility index (Phi) is 4.22. The Balaban J connectivity index is 1.41. The van der Waals surface area contributed by atoms with Crippen molar-refractivity contribution in [2.75, 3.05) is 0 Å². The highest BCUT2D eigenvalue weighted by Gasteiger charge is 2.62. The van der Waals surface area contributed by atoms with Gasteiger partial charge in [-0.25, -0.2) is 4.68 Å². The Morgan fingerprint density at radius 1 is 1.07 bits per heavy atom. The van der Waals surface area contributed by atoms with Gasteiger partial charge in [0.1, 0.15) is 17.5 Å². The van der Waals surface area contributed by atoms with E-state index in [9.17, 15) is 4.79 Å². The van der Waals surface area contributed by atoms with E-state index in [2.05, 4.69) is 65.8 Å². The molecule has 5 rings (SSSR count). The molecule has 0 spiro atoms. The minimum Gasteiger partial charge on any atom is -0.317 e. The molecule has 2 aliphatic rings. The number of benzene rings is 2. The summed E-state index contributed by atoms with van der Waals surface area (Å²) >= 11 is 1.72. The van der Waals surface area contributed by atoms with Gasteiger partial charge < -0.3 is 10.6 Å². The number of fused-ring (bicyclic) bond motifs is 1. The monoisotopic (exact) mass is 406 g/mol. The summed E-state index contributed by atoms with van der Waals surface area (Å²) in [7, 11) is 0. The average Bonchev–Trinajstić information content (AvgIpc) is 3.28. The van der Waals surface area contributed by atoms with Crippen LogP contribution < -0.4 is 5.73 Å². The molecule has 3 atom stereocenters. The Hall–Kier alpha value is -2.71. The fraction of sp³-hybridized carbons (Fsp3) is 0.333. The lowest BCUT2D eigenvalue weighted by molar-refractivity contribution is -0.147. The Morgan fingerprint density at radius 2 is 1.76 bits per heavy atom. The fourth-order valence-electron chi connectivity index (χ4n) is 4.19. The molecule has 2 saturated heterocycles. The minimum atomic E-state index is -0.431. The van der Waals surface area contributed by atoms with Crippen molar-refractivity contribution in [3.8, 4) is 11.1 Å². The Morgan fingerprint density at radius 3 is 2.48 bits per heavy atom. The number of hydrogen-bond acceptors (Lipinski definition) is 6. The van der Waals surface area contributed by atoms with Crippen molar-refractivity contribution in [3.05, 3.63) is 66.0 Å². The smallest absolute Gasteiger partial charge is 0.244 e. The van der Waals surface area contributed by atoms with Crippen molar-refractivity contribution < 1.29 is 4.79 Å². The number of hydrogen-bond donors (Lipinski definition) is 1. The number of β-lactam (4-membered cyclic amide) rings is 1. The lowest BCUT2D eigenvalue weighted by Gasteiger charge is -2.42. The van der Waals surface area contributed by atoms with Crippen LogP contribution in [0.25, 0.3) is 11.1 Å². The number of nitrogens with zero attached hydrogens (tertiary/aromatic N) is 5. The molecule has 1 aromatic heterocycles. The molecule has 2 N–H and O–H groups in total. The second-order valence-corrected chi connectivity index (χ2v) is 9.81. The van der Waals surface area contributed by atoms with Crippen LogP contribution in [0.5, 0.6) is 0 Å². The summed E-state index contributed by atoms with van der Waals surface area (Å²) in [5, 5.41) is 12.4. The summed E-state index contributed by atoms with van der Waals surface area (Å²) in [6, 6.07) is 18.1. The number of aromatic nitrogens is 4. The maximum absolute atomic E-state index is 12.4. The molecule has 0 radical (unpaired) electrons. The highest BCUT2D eigenvalue weighted by Crippen LogP contribution is 2.56. The first-order valence-electron chi connectivity index (χ1n) is 9.62. The number of nitrogens with two attached hydrogens (primary N) is 1. The third-order valence-corrected chi connectivity index (χ3v) is 7.27. The van der Waals surface area contributed by atoms with Crippen LogP contribution >= 0.6 is 11.8 Å². The molecule has 2 aromatic carbocycles. The molecular weight excluding hydrogens is 384 g/mol. The van der Waals surface area contributed by atoms with Crippen molar-refractivity contribution in [2.24, 2.45) is 5.73 Å². The van der Waals surface area contributed by atoms with Gasteiger partial charge in [0.2, 0.25) is 5.91 Å². The van der Waals surface area contributed by atoms with Gasteiger partial charge in [-0.3, -0.25) is 4.79 Å². The van der Waals surface area contributed by atoms with Crippen molar-refractivity contribution in [1.82, 2.24) is 25.1 Å². The summed E-state index contributed by atoms with van der Waals surface area (Å²) < 4.78 is 1.59. The van der Waals surface area contributed by atoms with Gasteiger partial charge in [-0.05, 0) is 41.0 Å². The van der Waals surface area contributed by atoms with Crippen molar-refractivity contribution in [3.63, 3.8) is 0 Å². The van der Waals surface area contributed by atoms with Crippen LogP contribution in [-0.2, 0) is 11.3 Å². The number of tetrazole rings is 1. The summed E-state index contributed by atoms with van der Waals surface area (Å²) in [4.78, 5) is 14.2. The molecule has 7 nitrogen and oxygen atoms in total. The summed E-state index contributed by atoms with van der Waals surface area (Å²) in [5.74, 6) is 0.678. The van der Waals surface area contributed by atoms with E-state index in [-0.39, 0.29) is 22.1 Å². The Bertz CT molecular complexity index is 1050. The average molecular weight is 407 g/mol. The zero-order valence-corrected chi connectivity index (χ0v) is 17.1. The van der Waals surface area contributed by atoms with E-state index < -0.39 is 6.04 Å². The first kappa shape index (κ1) is 18.3. The molecule has 148 valence electrons. The second-order valence-electron chi connectivity index (χ2n) is 8.04. The summed E-state index contributed by atoms with van der Waals surface area (Å²) in [5.41, 5.74) is 9.45. The maximum Gasteiger partial charge on any atom is 0.244 e. The lowest BCUT2D eigenvalue weighted by Crippen LogP contribution is -2.65. The van der Waals surface area contributed by atoms with E-state index in [1.165, 1.54) is 11.1 Å². The molecule has 29 heavy (non-hydrogen) atoms. The van der Waals surface area contributed by atoms with Crippen LogP contribution in [-0.4, -0.2) is 47.2 Å². The first-order chi connectivity index (χ1) is 14.0. The van der Waals surface area contributed by atoms with Gasteiger partial charge in [-0.1, -0.05) is 54.6 Å². The molecular formula is C21H22N6OS. The fourth-order valence-corrected chi connectivity index (χ4v) is 5.76. The van der Waals surface area contributed by atoms with Crippen molar-refractivity contribution >= 4 is 17.7 Å². The highest BCUT2D eigenvalue weighted by molar-refractivity contribution is 8.01. The number of rotatable bonds is 4. The van der Waals surface area contributed by atoms with Gasteiger partial charge in [-0.2, -0.15) is 0 Å². The normalized spacial score (nSPS) is 25.0. The predicted molar refractivity (Wildman–Crippen MR) is 112 cm³/mol. The topological polar surface area (TPSA) is 89.9 Å². The second kappa shape index (κ2) is 6.67. The van der Waals surface area contributed by atoms with Gasteiger partial charge in [-0.15, -0.1) is 16.9 Å². The quantitative estimate of drug-likeness (QED) is 0.670. The van der Waals surface area contributed by atoms with Gasteiger partial charge in [0, 0.05) is 4.75 Å². The third-order valence-electron chi connectivity index (χ3n) is 5.68. The Labute approximate surface area is 173 Å². The van der Waals surface area contributed by atoms with Gasteiger partial charge in [0.05, 0.1) is 6.54 Å². The van der Waals surface area contributed by atoms with Crippen LogP contribution in [0.3, 0.4) is 0 Å². The van der Waals surface area contributed by atoms with E-state index in [4.69, 9.17) is 5.73 Å². The van der Waals surface area contributed by atoms with E-state index >= 15 is 0 Å². The van der Waals surface area contributed by atoms with Crippen LogP contribution in [0.15, 0.2) is 54.6 Å². The van der Waals surface area contributed by atoms with Crippen molar-refractivity contribution in [2.45, 2.75) is 42.6 Å². The third kappa shape index (κ3) is 2.94. The molecule has 3 aromatic rings. The van der Waals surface area contributed by atoms with E-state index in [1.807, 2.05) is 23.1 Å². The molecule has 0 saturated carbocycles. The first-order valence-corrected chi connectivity index (χ1v) is 10.5. The zero-order valence-electron chi connectivity index (χ0n) is 16.3. The van der Waals surface area contributed by atoms with Gasteiger partial charge in [0.25, 0.3) is 0 Å². The van der Waals surface area contributed by atoms with E-state index in [0.29, 0.717) is 12.4 Å². The number of carbonyl (C=O) groups is 1. The molecule has 0 bridgehead atoms. The molecule has 2 fully saturated rings.